The molecule has 102 valence electrons. The van der Waals surface area contributed by atoms with Gasteiger partial charge in [-0.15, -0.1) is 0 Å². The molecule has 1 unspecified atom stereocenters. The molecule has 2 amide bonds. The first-order valence-electron chi connectivity index (χ1n) is 6.33. The van der Waals surface area contributed by atoms with E-state index in [2.05, 4.69) is 15.9 Å². The van der Waals surface area contributed by atoms with E-state index in [1.165, 1.54) is 17.0 Å². The van der Waals surface area contributed by atoms with E-state index in [9.17, 15) is 14.0 Å². The predicted molar refractivity (Wildman–Crippen MR) is 73.2 cm³/mol. The number of hydrogen-bond donors (Lipinski definition) is 0. The number of amides is 2. The van der Waals surface area contributed by atoms with Crippen molar-refractivity contribution in [3.8, 4) is 0 Å². The second kappa shape index (κ2) is 5.82. The Labute approximate surface area is 119 Å². The molecule has 1 heterocycles. The molecule has 1 aromatic carbocycles. The average molecular weight is 328 g/mol. The van der Waals surface area contributed by atoms with Crippen LogP contribution in [-0.2, 0) is 4.79 Å². The summed E-state index contributed by atoms with van der Waals surface area (Å²) < 4.78 is 14.1. The van der Waals surface area contributed by atoms with Crippen molar-refractivity contribution in [3.63, 3.8) is 0 Å². The molecular weight excluding hydrogens is 313 g/mol. The summed E-state index contributed by atoms with van der Waals surface area (Å²) in [5.74, 6) is -1.15. The molecule has 0 bridgehead atoms. The molecule has 1 aromatic rings. The number of hydrogen-bond acceptors (Lipinski definition) is 2. The Bertz CT molecular complexity index is 518. The molecule has 0 spiro atoms. The zero-order chi connectivity index (χ0) is 14.0. The number of likely N-dealkylation sites (tertiary alicyclic amines) is 1. The highest BCUT2D eigenvalue weighted by Gasteiger charge is 2.34. The van der Waals surface area contributed by atoms with Gasteiger partial charge >= 0.3 is 0 Å². The minimum Gasteiger partial charge on any atom is -0.278 e. The van der Waals surface area contributed by atoms with Crippen LogP contribution >= 0.6 is 15.9 Å². The van der Waals surface area contributed by atoms with Gasteiger partial charge in [-0.25, -0.2) is 4.39 Å². The van der Waals surface area contributed by atoms with Crippen molar-refractivity contribution >= 4 is 27.7 Å². The monoisotopic (exact) mass is 327 g/mol. The van der Waals surface area contributed by atoms with Crippen LogP contribution in [0.3, 0.4) is 0 Å². The van der Waals surface area contributed by atoms with Crippen molar-refractivity contribution in [2.24, 2.45) is 5.92 Å². The minimum absolute atomic E-state index is 0.0557. The first-order chi connectivity index (χ1) is 9.04. The minimum atomic E-state index is -0.612. The normalized spacial score (nSPS) is 19.0. The summed E-state index contributed by atoms with van der Waals surface area (Å²) in [6, 6.07) is 4.52. The second-order valence-corrected chi connectivity index (χ2v) is 5.62. The molecule has 3 nitrogen and oxygen atoms in total. The van der Waals surface area contributed by atoms with Crippen molar-refractivity contribution in [1.29, 1.82) is 0 Å². The molecule has 1 aliphatic rings. The first-order valence-corrected chi connectivity index (χ1v) is 7.12. The van der Waals surface area contributed by atoms with Crippen LogP contribution in [0.15, 0.2) is 22.7 Å². The lowest BCUT2D eigenvalue weighted by atomic mass is 10.0. The van der Waals surface area contributed by atoms with Crippen LogP contribution in [0.2, 0.25) is 0 Å². The second-order valence-electron chi connectivity index (χ2n) is 4.77. The SMILES string of the molecule is CCCC1CC(=O)N(C(=O)c2cccc(Br)c2F)C1. The van der Waals surface area contributed by atoms with E-state index >= 15 is 0 Å². The Morgan fingerprint density at radius 2 is 2.26 bits per heavy atom. The molecule has 1 fully saturated rings. The molecule has 0 aromatic heterocycles. The fourth-order valence-corrected chi connectivity index (χ4v) is 2.76. The Morgan fingerprint density at radius 1 is 1.53 bits per heavy atom. The Morgan fingerprint density at radius 3 is 2.95 bits per heavy atom. The van der Waals surface area contributed by atoms with Crippen LogP contribution in [-0.4, -0.2) is 23.3 Å². The van der Waals surface area contributed by atoms with E-state index in [0.717, 1.165) is 12.8 Å². The number of carbonyl (C=O) groups excluding carboxylic acids is 2. The van der Waals surface area contributed by atoms with Gasteiger partial charge in [0.25, 0.3) is 5.91 Å². The third kappa shape index (κ3) is 2.86. The van der Waals surface area contributed by atoms with Crippen molar-refractivity contribution in [1.82, 2.24) is 4.90 Å². The predicted octanol–water partition coefficient (Wildman–Crippen LogP) is 3.38. The zero-order valence-electron chi connectivity index (χ0n) is 10.7. The number of halogens is 2. The summed E-state index contributed by atoms with van der Waals surface area (Å²) in [4.78, 5) is 25.2. The van der Waals surface area contributed by atoms with E-state index in [-0.39, 0.29) is 21.9 Å². The van der Waals surface area contributed by atoms with Gasteiger partial charge in [-0.2, -0.15) is 0 Å². The Hall–Kier alpha value is -1.23. The summed E-state index contributed by atoms with van der Waals surface area (Å²) in [5.41, 5.74) is -0.0557. The van der Waals surface area contributed by atoms with Crippen LogP contribution < -0.4 is 0 Å². The van der Waals surface area contributed by atoms with Crippen LogP contribution in [0.5, 0.6) is 0 Å². The summed E-state index contributed by atoms with van der Waals surface area (Å²) in [6.07, 6.45) is 2.27. The Balaban J connectivity index is 2.20. The highest BCUT2D eigenvalue weighted by atomic mass is 79.9. The topological polar surface area (TPSA) is 37.4 Å². The molecular formula is C14H15BrFNO2. The summed E-state index contributed by atoms with van der Waals surface area (Å²) in [7, 11) is 0. The molecule has 19 heavy (non-hydrogen) atoms. The van der Waals surface area contributed by atoms with Gasteiger partial charge < -0.3 is 0 Å². The third-order valence-corrected chi connectivity index (χ3v) is 3.94. The highest BCUT2D eigenvalue weighted by Crippen LogP contribution is 2.26. The fourth-order valence-electron chi connectivity index (χ4n) is 2.39. The zero-order valence-corrected chi connectivity index (χ0v) is 12.2. The molecule has 1 saturated heterocycles. The number of imide groups is 1. The molecule has 1 atom stereocenters. The van der Waals surface area contributed by atoms with Crippen molar-refractivity contribution in [3.05, 3.63) is 34.1 Å². The molecule has 0 N–H and O–H groups in total. The van der Waals surface area contributed by atoms with E-state index in [1.54, 1.807) is 6.07 Å². The van der Waals surface area contributed by atoms with Gasteiger partial charge in [0, 0.05) is 13.0 Å². The van der Waals surface area contributed by atoms with Crippen LogP contribution in [0, 0.1) is 11.7 Å². The van der Waals surface area contributed by atoms with Gasteiger partial charge in [0.15, 0.2) is 0 Å². The molecule has 1 aliphatic heterocycles. The molecule has 5 heteroatoms. The summed E-state index contributed by atoms with van der Waals surface area (Å²) in [6.45, 7) is 2.44. The number of benzene rings is 1. The number of nitrogens with zero attached hydrogens (tertiary/aromatic N) is 1. The quantitative estimate of drug-likeness (QED) is 0.798. The lowest BCUT2D eigenvalue weighted by molar-refractivity contribution is -0.125. The van der Waals surface area contributed by atoms with Crippen molar-refractivity contribution in [2.75, 3.05) is 6.54 Å². The van der Waals surface area contributed by atoms with Gasteiger partial charge in [0.2, 0.25) is 5.91 Å². The van der Waals surface area contributed by atoms with Gasteiger partial charge in [-0.3, -0.25) is 14.5 Å². The van der Waals surface area contributed by atoms with Crippen LogP contribution in [0.1, 0.15) is 36.5 Å². The maximum atomic E-state index is 13.9. The summed E-state index contributed by atoms with van der Waals surface area (Å²) in [5, 5.41) is 0. The van der Waals surface area contributed by atoms with E-state index < -0.39 is 11.7 Å². The largest absolute Gasteiger partial charge is 0.278 e. The van der Waals surface area contributed by atoms with Crippen LogP contribution in [0.4, 0.5) is 4.39 Å². The first kappa shape index (κ1) is 14.2. The van der Waals surface area contributed by atoms with Gasteiger partial charge in [-0.1, -0.05) is 19.4 Å². The van der Waals surface area contributed by atoms with Crippen LogP contribution in [0.25, 0.3) is 0 Å². The maximum Gasteiger partial charge on any atom is 0.263 e. The molecule has 0 saturated carbocycles. The summed E-state index contributed by atoms with van der Waals surface area (Å²) >= 11 is 3.04. The molecule has 0 aliphatic carbocycles. The standard InChI is InChI=1S/C14H15BrFNO2/c1-2-4-9-7-12(18)17(8-9)14(19)10-5-3-6-11(15)13(10)16/h3,5-6,9H,2,4,7-8H2,1H3. The third-order valence-electron chi connectivity index (χ3n) is 3.33. The smallest absolute Gasteiger partial charge is 0.263 e. The lowest BCUT2D eigenvalue weighted by Crippen LogP contribution is -2.33. The van der Waals surface area contributed by atoms with E-state index in [1.807, 2.05) is 6.92 Å². The maximum absolute atomic E-state index is 13.9. The molecule has 0 radical (unpaired) electrons. The number of carbonyl (C=O) groups is 2. The fraction of sp³-hybridized carbons (Fsp3) is 0.429. The van der Waals surface area contributed by atoms with Crippen molar-refractivity contribution < 1.29 is 14.0 Å². The molecule has 2 rings (SSSR count). The van der Waals surface area contributed by atoms with Crippen molar-refractivity contribution in [2.45, 2.75) is 26.2 Å². The van der Waals surface area contributed by atoms with Gasteiger partial charge in [0.1, 0.15) is 5.82 Å². The number of rotatable bonds is 3. The van der Waals surface area contributed by atoms with Gasteiger partial charge in [0.05, 0.1) is 10.0 Å². The Kier molecular flexibility index (Phi) is 4.34. The average Bonchev–Trinajstić information content (AvgIpc) is 2.73. The lowest BCUT2D eigenvalue weighted by Gasteiger charge is -2.15. The van der Waals surface area contributed by atoms with E-state index in [0.29, 0.717) is 13.0 Å². The highest BCUT2D eigenvalue weighted by molar-refractivity contribution is 9.10. The van der Waals surface area contributed by atoms with Gasteiger partial charge in [-0.05, 0) is 40.4 Å². The van der Waals surface area contributed by atoms with E-state index in [4.69, 9.17) is 0 Å².